The Balaban J connectivity index is 2.33. The van der Waals surface area contributed by atoms with E-state index in [9.17, 15) is 4.79 Å². The van der Waals surface area contributed by atoms with Crippen LogP contribution in [0.5, 0.6) is 0 Å². The zero-order valence-electron chi connectivity index (χ0n) is 8.46. The highest BCUT2D eigenvalue weighted by molar-refractivity contribution is 9.10. The molecule has 0 bridgehead atoms. The minimum Gasteiger partial charge on any atom is -0.477 e. The number of hydrogen-bond donors (Lipinski definition) is 2. The van der Waals surface area contributed by atoms with E-state index in [-0.39, 0.29) is 0 Å². The van der Waals surface area contributed by atoms with Gasteiger partial charge in [0.25, 0.3) is 0 Å². The number of nitrogens with one attached hydrogen (secondary N) is 1. The fourth-order valence-corrected chi connectivity index (χ4v) is 2.51. The van der Waals surface area contributed by atoms with E-state index < -0.39 is 5.97 Å². The van der Waals surface area contributed by atoms with Crippen molar-refractivity contribution < 1.29 is 9.90 Å². The number of aromatic carboxylic acids is 1. The lowest BCUT2D eigenvalue weighted by Gasteiger charge is -1.98. The summed E-state index contributed by atoms with van der Waals surface area (Å²) in [6.45, 7) is 0. The van der Waals surface area contributed by atoms with Gasteiger partial charge in [-0.05, 0) is 42.5 Å². The predicted octanol–water partition coefficient (Wildman–Crippen LogP) is 3.51. The molecule has 2 aromatic rings. The molecule has 1 aliphatic carbocycles. The van der Waals surface area contributed by atoms with Crippen LogP contribution in [-0.2, 0) is 0 Å². The molecular formula is C12H10BrNO2. The van der Waals surface area contributed by atoms with Crippen LogP contribution in [0, 0.1) is 0 Å². The second-order valence-corrected chi connectivity index (χ2v) is 5.10. The molecule has 0 saturated heterocycles. The first kappa shape index (κ1) is 9.90. The molecule has 4 heteroatoms. The van der Waals surface area contributed by atoms with Crippen molar-refractivity contribution in [1.29, 1.82) is 0 Å². The minimum absolute atomic E-state index is 0.357. The Morgan fingerprint density at radius 1 is 1.44 bits per heavy atom. The van der Waals surface area contributed by atoms with Gasteiger partial charge >= 0.3 is 5.97 Å². The van der Waals surface area contributed by atoms with E-state index in [0.717, 1.165) is 33.8 Å². The summed E-state index contributed by atoms with van der Waals surface area (Å²) in [5.41, 5.74) is 2.24. The SMILES string of the molecule is O=C(O)c1[nH]c2ccc(Br)cc2c1C1CC1. The number of H-pyrrole nitrogens is 1. The first-order valence-corrected chi connectivity index (χ1v) is 6.00. The lowest BCUT2D eigenvalue weighted by molar-refractivity contribution is 0.0690. The van der Waals surface area contributed by atoms with E-state index in [0.29, 0.717) is 11.6 Å². The number of halogens is 1. The maximum atomic E-state index is 11.2. The van der Waals surface area contributed by atoms with Crippen molar-refractivity contribution in [3.8, 4) is 0 Å². The van der Waals surface area contributed by atoms with Crippen LogP contribution in [0.2, 0.25) is 0 Å². The largest absolute Gasteiger partial charge is 0.477 e. The Hall–Kier alpha value is -1.29. The smallest absolute Gasteiger partial charge is 0.352 e. The topological polar surface area (TPSA) is 53.1 Å². The molecule has 1 aromatic carbocycles. The van der Waals surface area contributed by atoms with Gasteiger partial charge in [-0.15, -0.1) is 0 Å². The summed E-state index contributed by atoms with van der Waals surface area (Å²) in [5.74, 6) is -0.441. The normalized spacial score (nSPS) is 15.6. The van der Waals surface area contributed by atoms with E-state index in [4.69, 9.17) is 5.11 Å². The third-order valence-electron chi connectivity index (χ3n) is 3.00. The number of aromatic nitrogens is 1. The molecule has 0 amide bonds. The van der Waals surface area contributed by atoms with E-state index in [1.165, 1.54) is 0 Å². The van der Waals surface area contributed by atoms with Gasteiger partial charge in [-0.3, -0.25) is 0 Å². The summed E-state index contributed by atoms with van der Waals surface area (Å²) in [4.78, 5) is 14.2. The average molecular weight is 280 g/mol. The second-order valence-electron chi connectivity index (χ2n) is 4.18. The highest BCUT2D eigenvalue weighted by atomic mass is 79.9. The summed E-state index contributed by atoms with van der Waals surface area (Å²) >= 11 is 3.42. The van der Waals surface area contributed by atoms with Gasteiger partial charge < -0.3 is 10.1 Å². The molecule has 82 valence electrons. The van der Waals surface area contributed by atoms with Crippen LogP contribution in [0.4, 0.5) is 0 Å². The van der Waals surface area contributed by atoms with E-state index in [2.05, 4.69) is 20.9 Å². The van der Waals surface area contributed by atoms with E-state index in [1.807, 2.05) is 18.2 Å². The quantitative estimate of drug-likeness (QED) is 0.884. The van der Waals surface area contributed by atoms with E-state index in [1.54, 1.807) is 0 Å². The van der Waals surface area contributed by atoms with Gasteiger partial charge in [0.15, 0.2) is 0 Å². The molecule has 1 aliphatic rings. The maximum absolute atomic E-state index is 11.2. The summed E-state index contributed by atoms with van der Waals surface area (Å²) in [6, 6.07) is 5.82. The average Bonchev–Trinajstić information content (AvgIpc) is 2.99. The van der Waals surface area contributed by atoms with Crippen LogP contribution in [0.25, 0.3) is 10.9 Å². The molecule has 0 atom stereocenters. The number of carbonyl (C=O) groups is 1. The van der Waals surface area contributed by atoms with Crippen molar-refractivity contribution in [3.05, 3.63) is 33.9 Å². The summed E-state index contributed by atoms with van der Waals surface area (Å²) < 4.78 is 0.984. The summed E-state index contributed by atoms with van der Waals surface area (Å²) in [7, 11) is 0. The molecule has 3 nitrogen and oxygen atoms in total. The molecule has 1 heterocycles. The maximum Gasteiger partial charge on any atom is 0.352 e. The fourth-order valence-electron chi connectivity index (χ4n) is 2.15. The summed E-state index contributed by atoms with van der Waals surface area (Å²) in [5, 5.41) is 10.2. The number of carboxylic acids is 1. The van der Waals surface area contributed by atoms with Crippen LogP contribution in [-0.4, -0.2) is 16.1 Å². The molecule has 0 unspecified atom stereocenters. The standard InChI is InChI=1S/C12H10BrNO2/c13-7-3-4-9-8(5-7)10(6-1-2-6)11(14-9)12(15)16/h3-6,14H,1-2H2,(H,15,16). The molecule has 0 radical (unpaired) electrons. The molecule has 1 fully saturated rings. The van der Waals surface area contributed by atoms with Crippen LogP contribution in [0.15, 0.2) is 22.7 Å². The van der Waals surface area contributed by atoms with Crippen molar-refractivity contribution >= 4 is 32.8 Å². The fraction of sp³-hybridized carbons (Fsp3) is 0.250. The van der Waals surface area contributed by atoms with Crippen molar-refractivity contribution in [1.82, 2.24) is 4.98 Å². The summed E-state index contributed by atoms with van der Waals surface area (Å²) in [6.07, 6.45) is 2.19. The highest BCUT2D eigenvalue weighted by Gasteiger charge is 2.31. The highest BCUT2D eigenvalue weighted by Crippen LogP contribution is 2.45. The zero-order valence-corrected chi connectivity index (χ0v) is 10.0. The van der Waals surface area contributed by atoms with E-state index >= 15 is 0 Å². The van der Waals surface area contributed by atoms with Gasteiger partial charge in [-0.2, -0.15) is 0 Å². The van der Waals surface area contributed by atoms with Crippen LogP contribution in [0.3, 0.4) is 0 Å². The number of rotatable bonds is 2. The first-order chi connectivity index (χ1) is 7.66. The Morgan fingerprint density at radius 2 is 2.19 bits per heavy atom. The Labute approximate surface area is 101 Å². The lowest BCUT2D eigenvalue weighted by atomic mass is 10.1. The number of aromatic amines is 1. The third-order valence-corrected chi connectivity index (χ3v) is 3.49. The molecule has 2 N–H and O–H groups in total. The molecule has 3 rings (SSSR count). The molecule has 1 saturated carbocycles. The van der Waals surface area contributed by atoms with Crippen LogP contribution < -0.4 is 0 Å². The molecule has 0 aliphatic heterocycles. The van der Waals surface area contributed by atoms with Gasteiger partial charge in [-0.1, -0.05) is 15.9 Å². The lowest BCUT2D eigenvalue weighted by Crippen LogP contribution is -2.00. The second kappa shape index (κ2) is 3.35. The van der Waals surface area contributed by atoms with Crippen molar-refractivity contribution in [3.63, 3.8) is 0 Å². The zero-order chi connectivity index (χ0) is 11.3. The van der Waals surface area contributed by atoms with Gasteiger partial charge in [0, 0.05) is 15.4 Å². The van der Waals surface area contributed by atoms with Gasteiger partial charge in [0.2, 0.25) is 0 Å². The number of hydrogen-bond acceptors (Lipinski definition) is 1. The number of fused-ring (bicyclic) bond motifs is 1. The predicted molar refractivity (Wildman–Crippen MR) is 64.9 cm³/mol. The van der Waals surface area contributed by atoms with Crippen molar-refractivity contribution in [2.24, 2.45) is 0 Å². The Morgan fingerprint density at radius 3 is 2.81 bits per heavy atom. The van der Waals surface area contributed by atoms with Gasteiger partial charge in [-0.25, -0.2) is 4.79 Å². The molecule has 16 heavy (non-hydrogen) atoms. The molecule has 1 aromatic heterocycles. The van der Waals surface area contributed by atoms with Crippen LogP contribution in [0.1, 0.15) is 34.8 Å². The molecular weight excluding hydrogens is 270 g/mol. The van der Waals surface area contributed by atoms with Gasteiger partial charge in [0.05, 0.1) is 0 Å². The van der Waals surface area contributed by atoms with Crippen molar-refractivity contribution in [2.45, 2.75) is 18.8 Å². The Bertz CT molecular complexity index is 584. The minimum atomic E-state index is -0.866. The molecule has 0 spiro atoms. The third kappa shape index (κ3) is 1.45. The Kier molecular flexibility index (Phi) is 2.07. The first-order valence-electron chi connectivity index (χ1n) is 5.21. The number of benzene rings is 1. The monoisotopic (exact) mass is 279 g/mol. The van der Waals surface area contributed by atoms with Crippen LogP contribution >= 0.6 is 15.9 Å². The van der Waals surface area contributed by atoms with Crippen molar-refractivity contribution in [2.75, 3.05) is 0 Å². The number of carboxylic acid groups (broad SMARTS) is 1. The van der Waals surface area contributed by atoms with Gasteiger partial charge in [0.1, 0.15) is 5.69 Å².